The van der Waals surface area contributed by atoms with Gasteiger partial charge < -0.3 is 19.8 Å². The first-order chi connectivity index (χ1) is 15.7. The van der Waals surface area contributed by atoms with Crippen molar-refractivity contribution >= 4 is 0 Å². The maximum atomic E-state index is 10.4. The number of hydrogen-bond donors (Lipinski definition) is 3. The third-order valence-electron chi connectivity index (χ3n) is 7.46. The summed E-state index contributed by atoms with van der Waals surface area (Å²) in [5.74, 6) is 1.98. The van der Waals surface area contributed by atoms with E-state index in [0.29, 0.717) is 18.3 Å². The Hall–Kier alpha value is -1.52. The van der Waals surface area contributed by atoms with Gasteiger partial charge in [-0.15, -0.1) is 0 Å². The lowest BCUT2D eigenvalue weighted by Crippen LogP contribution is -3.13. The summed E-state index contributed by atoms with van der Waals surface area (Å²) in [5.41, 5.74) is 3.17. The highest BCUT2D eigenvalue weighted by Crippen LogP contribution is 2.53. The second-order valence-corrected chi connectivity index (χ2v) is 10.7. The molecule has 0 spiro atoms. The number of aliphatic hydroxyl groups excluding tert-OH is 1. The third kappa shape index (κ3) is 7.75. The van der Waals surface area contributed by atoms with Crippen molar-refractivity contribution in [1.29, 1.82) is 0 Å². The smallest absolute Gasteiger partial charge is 0.127 e. The van der Waals surface area contributed by atoms with Gasteiger partial charge in [-0.3, -0.25) is 0 Å². The average molecular weight is 461 g/mol. The van der Waals surface area contributed by atoms with Gasteiger partial charge in [0.25, 0.3) is 0 Å². The highest BCUT2D eigenvalue weighted by Gasteiger charge is 2.45. The molecule has 0 amide bonds. The van der Waals surface area contributed by atoms with E-state index in [1.165, 1.54) is 57.2 Å². The Kier molecular flexibility index (Phi) is 11.2. The summed E-state index contributed by atoms with van der Waals surface area (Å²) >= 11 is 0. The summed E-state index contributed by atoms with van der Waals surface area (Å²) in [7, 11) is 0. The Balaban J connectivity index is 0.000000229. The van der Waals surface area contributed by atoms with Crippen molar-refractivity contribution in [2.45, 2.75) is 104 Å². The molecule has 0 unspecified atom stereocenters. The van der Waals surface area contributed by atoms with E-state index in [4.69, 9.17) is 9.84 Å². The van der Waals surface area contributed by atoms with Crippen LogP contribution in [0.1, 0.15) is 103 Å². The molecule has 0 radical (unpaired) electrons. The van der Waals surface area contributed by atoms with E-state index in [1.807, 2.05) is 19.1 Å². The van der Waals surface area contributed by atoms with Gasteiger partial charge in [0.05, 0.1) is 19.7 Å². The molecule has 3 aliphatic rings. The second-order valence-electron chi connectivity index (χ2n) is 10.7. The molecule has 1 aromatic rings. The third-order valence-corrected chi connectivity index (χ3v) is 7.46. The zero-order valence-electron chi connectivity index (χ0n) is 22.2. The summed E-state index contributed by atoms with van der Waals surface area (Å²) in [6.07, 6.45) is 12.8. The number of hydrogen-bond acceptors (Lipinski definition) is 3. The molecule has 1 aliphatic carbocycles. The zero-order chi connectivity index (χ0) is 24.4. The number of fused-ring (bicyclic) bond motifs is 3. The first-order valence-electron chi connectivity index (χ1n) is 13.4. The van der Waals surface area contributed by atoms with E-state index < -0.39 is 0 Å². The minimum absolute atomic E-state index is 0.170. The topological polar surface area (TPSA) is 54.1 Å². The number of unbranched alkanes of at least 4 members (excludes halogenated alkanes) is 2. The van der Waals surface area contributed by atoms with Crippen molar-refractivity contribution in [3.63, 3.8) is 0 Å². The fraction of sp³-hybridized carbons (Fsp3) is 0.724. The standard InChI is InChI=1S/C17H22O2.C7H15NO.C5H12/c1-10-5-7-13-12(9-10)15-14(19-17(13,3)4)8-6-11(2)16(15)18;9-7-6-8-4-2-1-3-5-8;1-3-5-4-2/h6,8-9,12-13,18H,5,7H2,1-4H3;9H,1-7H2;3-5H2,1-2H3/p+1/t12-,13-;;/m1../s1. The Morgan fingerprint density at radius 1 is 1.06 bits per heavy atom. The summed E-state index contributed by atoms with van der Waals surface area (Å²) in [4.78, 5) is 1.59. The molecule has 0 aromatic heterocycles. The highest BCUT2D eigenvalue weighted by molar-refractivity contribution is 5.54. The van der Waals surface area contributed by atoms with Crippen LogP contribution in [0.5, 0.6) is 11.5 Å². The normalized spacial score (nSPS) is 23.4. The van der Waals surface area contributed by atoms with Crippen LogP contribution in [0.2, 0.25) is 0 Å². The zero-order valence-corrected chi connectivity index (χ0v) is 22.2. The number of phenols is 1. The molecule has 0 saturated carbocycles. The van der Waals surface area contributed by atoms with Crippen molar-refractivity contribution in [1.82, 2.24) is 0 Å². The number of aromatic hydroxyl groups is 1. The summed E-state index contributed by atoms with van der Waals surface area (Å²) in [6, 6.07) is 3.93. The number of rotatable bonds is 4. The van der Waals surface area contributed by atoms with Crippen LogP contribution < -0.4 is 9.64 Å². The number of aliphatic hydroxyl groups is 1. The Morgan fingerprint density at radius 3 is 2.30 bits per heavy atom. The van der Waals surface area contributed by atoms with E-state index in [9.17, 15) is 5.11 Å². The van der Waals surface area contributed by atoms with Gasteiger partial charge in [0.1, 0.15) is 23.6 Å². The van der Waals surface area contributed by atoms with E-state index in [0.717, 1.165) is 36.3 Å². The molecule has 1 aromatic carbocycles. The minimum Gasteiger partial charge on any atom is -0.507 e. The van der Waals surface area contributed by atoms with Crippen molar-refractivity contribution in [2.75, 3.05) is 26.2 Å². The molecule has 2 aliphatic heterocycles. The molecule has 4 rings (SSSR count). The van der Waals surface area contributed by atoms with Crippen molar-refractivity contribution in [2.24, 2.45) is 5.92 Å². The number of quaternary nitrogens is 1. The quantitative estimate of drug-likeness (QED) is 0.516. The minimum atomic E-state index is -0.170. The van der Waals surface area contributed by atoms with Crippen LogP contribution in [0.25, 0.3) is 0 Å². The van der Waals surface area contributed by atoms with Gasteiger partial charge >= 0.3 is 0 Å². The molecule has 0 bridgehead atoms. The average Bonchev–Trinajstić information content (AvgIpc) is 2.78. The van der Waals surface area contributed by atoms with Gasteiger partial charge in [0.15, 0.2) is 0 Å². The number of allylic oxidation sites excluding steroid dienone is 2. The van der Waals surface area contributed by atoms with Crippen LogP contribution >= 0.6 is 0 Å². The van der Waals surface area contributed by atoms with E-state index in [2.05, 4.69) is 40.7 Å². The molecule has 4 nitrogen and oxygen atoms in total. The largest absolute Gasteiger partial charge is 0.507 e. The number of ether oxygens (including phenoxy) is 1. The second kappa shape index (κ2) is 13.4. The van der Waals surface area contributed by atoms with E-state index in [-0.39, 0.29) is 11.5 Å². The van der Waals surface area contributed by atoms with Crippen LogP contribution in [0, 0.1) is 12.8 Å². The Bertz CT molecular complexity index is 745. The van der Waals surface area contributed by atoms with Crippen molar-refractivity contribution in [3.8, 4) is 11.5 Å². The number of phenolic OH excluding ortho intramolecular Hbond substituents is 1. The monoisotopic (exact) mass is 460 g/mol. The van der Waals surface area contributed by atoms with Crippen LogP contribution in [-0.4, -0.2) is 42.1 Å². The van der Waals surface area contributed by atoms with Crippen LogP contribution in [0.15, 0.2) is 23.8 Å². The molecule has 2 heterocycles. The van der Waals surface area contributed by atoms with Gasteiger partial charge in [0, 0.05) is 17.4 Å². The number of piperidine rings is 1. The predicted molar refractivity (Wildman–Crippen MR) is 138 cm³/mol. The molecule has 2 atom stereocenters. The SMILES string of the molecule is CC1=C[C@H]2c3c(ccc(C)c3O)OC(C)(C)[C@@H]2CC1.CCCCC.OCC[NH+]1CCCCC1. The van der Waals surface area contributed by atoms with Gasteiger partial charge in [-0.2, -0.15) is 0 Å². The fourth-order valence-corrected chi connectivity index (χ4v) is 5.42. The van der Waals surface area contributed by atoms with Crippen LogP contribution in [0.4, 0.5) is 0 Å². The lowest BCUT2D eigenvalue weighted by atomic mass is 9.68. The summed E-state index contributed by atoms with van der Waals surface area (Å²) < 4.78 is 6.17. The fourth-order valence-electron chi connectivity index (χ4n) is 5.42. The Morgan fingerprint density at radius 2 is 1.73 bits per heavy atom. The number of likely N-dealkylation sites (tertiary alicyclic amines) is 1. The van der Waals surface area contributed by atoms with Crippen molar-refractivity contribution < 1.29 is 19.8 Å². The van der Waals surface area contributed by atoms with Crippen LogP contribution in [0.3, 0.4) is 0 Å². The first-order valence-corrected chi connectivity index (χ1v) is 13.4. The molecule has 1 saturated heterocycles. The number of aryl methyl sites for hydroxylation is 1. The van der Waals surface area contributed by atoms with E-state index in [1.54, 1.807) is 4.90 Å². The summed E-state index contributed by atoms with van der Waals surface area (Å²) in [5, 5.41) is 19.0. The molecular weight excluding hydrogens is 410 g/mol. The number of benzene rings is 1. The predicted octanol–water partition coefficient (Wildman–Crippen LogP) is 5.56. The van der Waals surface area contributed by atoms with Crippen molar-refractivity contribution in [3.05, 3.63) is 34.9 Å². The molecule has 4 heteroatoms. The molecule has 3 N–H and O–H groups in total. The lowest BCUT2D eigenvalue weighted by molar-refractivity contribution is -0.905. The van der Waals surface area contributed by atoms with Gasteiger partial charge in [-0.05, 0) is 71.4 Å². The molecule has 188 valence electrons. The van der Waals surface area contributed by atoms with Gasteiger partial charge in [-0.1, -0.05) is 50.8 Å². The number of nitrogens with one attached hydrogen (secondary N) is 1. The summed E-state index contributed by atoms with van der Waals surface area (Å²) in [6.45, 7) is 16.8. The Labute approximate surface area is 203 Å². The molecule has 33 heavy (non-hydrogen) atoms. The maximum absolute atomic E-state index is 10.4. The molecule has 1 fully saturated rings. The highest BCUT2D eigenvalue weighted by atomic mass is 16.5. The maximum Gasteiger partial charge on any atom is 0.127 e. The first kappa shape index (κ1) is 27.7. The van der Waals surface area contributed by atoms with Gasteiger partial charge in [0.2, 0.25) is 0 Å². The van der Waals surface area contributed by atoms with Crippen LogP contribution in [-0.2, 0) is 0 Å². The van der Waals surface area contributed by atoms with Gasteiger partial charge in [-0.25, -0.2) is 0 Å². The van der Waals surface area contributed by atoms with E-state index >= 15 is 0 Å². The lowest BCUT2D eigenvalue weighted by Gasteiger charge is -2.46. The molecular formula is C29H50NO3+.